The van der Waals surface area contributed by atoms with Gasteiger partial charge >= 0.3 is 5.76 Å². The zero-order valence-electron chi connectivity index (χ0n) is 12.1. The van der Waals surface area contributed by atoms with Crippen molar-refractivity contribution in [3.05, 3.63) is 28.7 Å². The minimum Gasteiger partial charge on any atom is -0.408 e. The molecule has 1 aromatic heterocycles. The summed E-state index contributed by atoms with van der Waals surface area (Å²) in [5, 5.41) is 0. The summed E-state index contributed by atoms with van der Waals surface area (Å²) in [5.74, 6) is -0.655. The Morgan fingerprint density at radius 2 is 2.00 bits per heavy atom. The highest BCUT2D eigenvalue weighted by Gasteiger charge is 2.30. The molecular formula is C13H15N3O5S. The van der Waals surface area contributed by atoms with Crippen LogP contribution in [0.4, 0.5) is 0 Å². The fourth-order valence-corrected chi connectivity index (χ4v) is 3.75. The Bertz CT molecular complexity index is 911. The molecule has 1 unspecified atom stereocenters. The molecule has 1 fully saturated rings. The van der Waals surface area contributed by atoms with Crippen molar-refractivity contribution in [2.24, 2.45) is 7.05 Å². The van der Waals surface area contributed by atoms with Gasteiger partial charge in [-0.15, -0.1) is 0 Å². The molecule has 1 aliphatic rings. The molecule has 1 amide bonds. The number of aromatic nitrogens is 1. The molecule has 0 bridgehead atoms. The number of likely N-dealkylation sites (N-methyl/N-ethyl adjacent to an activating group) is 1. The van der Waals surface area contributed by atoms with E-state index in [-0.39, 0.29) is 22.8 Å². The second-order valence-electron chi connectivity index (χ2n) is 5.35. The number of nitrogens with zero attached hydrogens (tertiary/aromatic N) is 2. The number of aryl methyl sites for hydroxylation is 1. The lowest BCUT2D eigenvalue weighted by Crippen LogP contribution is -2.36. The van der Waals surface area contributed by atoms with Gasteiger partial charge in [-0.05, 0) is 12.1 Å². The number of amides is 1. The normalized spacial score (nSPS) is 19.3. The summed E-state index contributed by atoms with van der Waals surface area (Å²) < 4.78 is 33.5. The summed E-state index contributed by atoms with van der Waals surface area (Å²) in [4.78, 5) is 24.4. The first-order chi connectivity index (χ1) is 10.3. The van der Waals surface area contributed by atoms with Crippen LogP contribution in [0.1, 0.15) is 6.42 Å². The fraction of sp³-hybridized carbons (Fsp3) is 0.385. The second kappa shape index (κ2) is 4.96. The van der Waals surface area contributed by atoms with E-state index in [9.17, 15) is 18.0 Å². The number of oxazole rings is 1. The van der Waals surface area contributed by atoms with Gasteiger partial charge in [-0.1, -0.05) is 0 Å². The molecule has 22 heavy (non-hydrogen) atoms. The molecule has 1 atom stereocenters. The van der Waals surface area contributed by atoms with Crippen LogP contribution in [0.5, 0.6) is 0 Å². The number of carbonyl (C=O) groups is 1. The Hall–Kier alpha value is -2.13. The SMILES string of the molecule is CN1CC(NS(=O)(=O)c2ccc3c(c2)oc(=O)n3C)CC1=O. The van der Waals surface area contributed by atoms with E-state index in [2.05, 4.69) is 4.72 Å². The van der Waals surface area contributed by atoms with Gasteiger partial charge in [0, 0.05) is 39.2 Å². The predicted molar refractivity (Wildman–Crippen MR) is 77.8 cm³/mol. The molecule has 0 radical (unpaired) electrons. The van der Waals surface area contributed by atoms with Crippen LogP contribution in [-0.4, -0.2) is 43.4 Å². The Balaban J connectivity index is 1.92. The van der Waals surface area contributed by atoms with Crippen LogP contribution in [0.25, 0.3) is 11.1 Å². The van der Waals surface area contributed by atoms with E-state index < -0.39 is 21.8 Å². The molecule has 0 aliphatic carbocycles. The lowest BCUT2D eigenvalue weighted by atomic mass is 10.3. The van der Waals surface area contributed by atoms with Crippen LogP contribution >= 0.6 is 0 Å². The smallest absolute Gasteiger partial charge is 0.408 e. The number of hydrogen-bond acceptors (Lipinski definition) is 5. The van der Waals surface area contributed by atoms with Crippen LogP contribution in [0.15, 0.2) is 32.3 Å². The van der Waals surface area contributed by atoms with Gasteiger partial charge < -0.3 is 9.32 Å². The third-order valence-electron chi connectivity index (χ3n) is 3.74. The Morgan fingerprint density at radius 3 is 2.64 bits per heavy atom. The van der Waals surface area contributed by atoms with Crippen molar-refractivity contribution >= 4 is 27.0 Å². The summed E-state index contributed by atoms with van der Waals surface area (Å²) >= 11 is 0. The average Bonchev–Trinajstić information content (AvgIpc) is 2.89. The molecule has 2 heterocycles. The maximum Gasteiger partial charge on any atom is 0.419 e. The molecule has 0 spiro atoms. The molecule has 9 heteroatoms. The number of carbonyl (C=O) groups excluding carboxylic acids is 1. The summed E-state index contributed by atoms with van der Waals surface area (Å²) in [6.07, 6.45) is 0.137. The molecule has 1 aromatic carbocycles. The number of nitrogens with one attached hydrogen (secondary N) is 1. The van der Waals surface area contributed by atoms with Crippen LogP contribution in [0, 0.1) is 0 Å². The van der Waals surface area contributed by atoms with Gasteiger partial charge in [0.1, 0.15) is 0 Å². The van der Waals surface area contributed by atoms with Gasteiger partial charge in [-0.25, -0.2) is 17.9 Å². The predicted octanol–water partition coefficient (Wildman–Crippen LogP) is -0.360. The average molecular weight is 325 g/mol. The van der Waals surface area contributed by atoms with E-state index in [1.807, 2.05) is 0 Å². The van der Waals surface area contributed by atoms with Gasteiger partial charge in [0.25, 0.3) is 0 Å². The Labute approximate surface area is 126 Å². The monoisotopic (exact) mass is 325 g/mol. The number of likely N-dealkylation sites (tertiary alicyclic amines) is 1. The molecule has 1 N–H and O–H groups in total. The molecule has 0 saturated carbocycles. The van der Waals surface area contributed by atoms with E-state index in [0.29, 0.717) is 12.1 Å². The van der Waals surface area contributed by atoms with Crippen LogP contribution in [0.2, 0.25) is 0 Å². The molecule has 8 nitrogen and oxygen atoms in total. The highest BCUT2D eigenvalue weighted by molar-refractivity contribution is 7.89. The van der Waals surface area contributed by atoms with Crippen molar-refractivity contribution in [2.75, 3.05) is 13.6 Å². The van der Waals surface area contributed by atoms with E-state index >= 15 is 0 Å². The van der Waals surface area contributed by atoms with E-state index in [1.54, 1.807) is 14.1 Å². The lowest BCUT2D eigenvalue weighted by molar-refractivity contribution is -0.126. The number of fused-ring (bicyclic) bond motifs is 1. The minimum absolute atomic E-state index is 0.00338. The van der Waals surface area contributed by atoms with Gasteiger partial charge in [0.15, 0.2) is 5.58 Å². The van der Waals surface area contributed by atoms with E-state index in [0.717, 1.165) is 0 Å². The molecule has 1 aliphatic heterocycles. The van der Waals surface area contributed by atoms with Gasteiger partial charge in [0.05, 0.1) is 10.4 Å². The number of rotatable bonds is 3. The van der Waals surface area contributed by atoms with E-state index in [1.165, 1.54) is 27.7 Å². The maximum absolute atomic E-state index is 12.4. The third-order valence-corrected chi connectivity index (χ3v) is 5.26. The van der Waals surface area contributed by atoms with Crippen LogP contribution in [-0.2, 0) is 21.9 Å². The van der Waals surface area contributed by atoms with Gasteiger partial charge in [-0.3, -0.25) is 9.36 Å². The Kier molecular flexibility index (Phi) is 3.33. The standard InChI is InChI=1S/C13H15N3O5S/c1-15-7-8(5-12(15)17)14-22(19,20)9-3-4-10-11(6-9)21-13(18)16(10)2/h3-4,6,8,14H,5,7H2,1-2H3. The first kappa shape index (κ1) is 14.8. The highest BCUT2D eigenvalue weighted by Crippen LogP contribution is 2.19. The molecular weight excluding hydrogens is 310 g/mol. The molecule has 3 rings (SSSR count). The highest BCUT2D eigenvalue weighted by atomic mass is 32.2. The van der Waals surface area contributed by atoms with E-state index in [4.69, 9.17) is 4.42 Å². The summed E-state index contributed by atoms with van der Waals surface area (Å²) in [6, 6.07) is 3.77. The first-order valence-corrected chi connectivity index (χ1v) is 8.12. The second-order valence-corrected chi connectivity index (χ2v) is 7.07. The Morgan fingerprint density at radius 1 is 1.27 bits per heavy atom. The minimum atomic E-state index is -3.79. The van der Waals surface area contributed by atoms with Crippen LogP contribution in [0.3, 0.4) is 0 Å². The number of sulfonamides is 1. The summed E-state index contributed by atoms with van der Waals surface area (Å²) in [7, 11) is -0.617. The molecule has 2 aromatic rings. The van der Waals surface area contributed by atoms with Crippen molar-refractivity contribution < 1.29 is 17.6 Å². The fourth-order valence-electron chi connectivity index (χ4n) is 2.51. The van der Waals surface area contributed by atoms with Crippen molar-refractivity contribution in [1.82, 2.24) is 14.2 Å². The van der Waals surface area contributed by atoms with Crippen molar-refractivity contribution in [3.63, 3.8) is 0 Å². The van der Waals surface area contributed by atoms with Gasteiger partial charge in [0.2, 0.25) is 15.9 Å². The number of hydrogen-bond donors (Lipinski definition) is 1. The molecule has 1 saturated heterocycles. The maximum atomic E-state index is 12.4. The first-order valence-electron chi connectivity index (χ1n) is 6.64. The lowest BCUT2D eigenvalue weighted by Gasteiger charge is -2.12. The quantitative estimate of drug-likeness (QED) is 0.830. The summed E-state index contributed by atoms with van der Waals surface area (Å²) in [5.41, 5.74) is 0.717. The number of benzene rings is 1. The third kappa shape index (κ3) is 2.42. The van der Waals surface area contributed by atoms with Crippen LogP contribution < -0.4 is 10.5 Å². The van der Waals surface area contributed by atoms with Crippen molar-refractivity contribution in [3.8, 4) is 0 Å². The zero-order valence-corrected chi connectivity index (χ0v) is 12.9. The van der Waals surface area contributed by atoms with Crippen molar-refractivity contribution in [1.29, 1.82) is 0 Å². The van der Waals surface area contributed by atoms with Gasteiger partial charge in [-0.2, -0.15) is 0 Å². The summed E-state index contributed by atoms with van der Waals surface area (Å²) in [6.45, 7) is 0.334. The molecule has 118 valence electrons. The topological polar surface area (TPSA) is 102 Å². The largest absolute Gasteiger partial charge is 0.419 e. The zero-order chi connectivity index (χ0) is 16.1. The van der Waals surface area contributed by atoms with Crippen molar-refractivity contribution in [2.45, 2.75) is 17.4 Å².